The molecule has 4 heteroatoms. The van der Waals surface area contributed by atoms with E-state index in [-0.39, 0.29) is 0 Å². The second kappa shape index (κ2) is 7.02. The second-order valence-corrected chi connectivity index (χ2v) is 3.85. The van der Waals surface area contributed by atoms with Gasteiger partial charge in [0.05, 0.1) is 12.9 Å². The first-order chi connectivity index (χ1) is 7.36. The molecule has 3 nitrogen and oxygen atoms in total. The van der Waals surface area contributed by atoms with E-state index in [9.17, 15) is 0 Å². The topological polar surface area (TPSA) is 34.1 Å². The Morgan fingerprint density at radius 1 is 1.60 bits per heavy atom. The van der Waals surface area contributed by atoms with Crippen LogP contribution in [0.4, 0.5) is 5.82 Å². The maximum atomic E-state index is 5.14. The molecule has 0 aliphatic carbocycles. The van der Waals surface area contributed by atoms with Gasteiger partial charge in [0.2, 0.25) is 5.88 Å². The summed E-state index contributed by atoms with van der Waals surface area (Å²) in [7, 11) is 1.61. The summed E-state index contributed by atoms with van der Waals surface area (Å²) in [4.78, 5) is 4.23. The van der Waals surface area contributed by atoms with Gasteiger partial charge in [0.15, 0.2) is 0 Å². The lowest BCUT2D eigenvalue weighted by Crippen LogP contribution is -2.06. The molecule has 0 radical (unpaired) electrons. The third-order valence-corrected chi connectivity index (χ3v) is 2.53. The summed E-state index contributed by atoms with van der Waals surface area (Å²) in [5.41, 5.74) is 0. The number of pyridine rings is 1. The van der Waals surface area contributed by atoms with Crippen molar-refractivity contribution in [1.29, 1.82) is 0 Å². The van der Waals surface area contributed by atoms with Crippen molar-refractivity contribution in [3.63, 3.8) is 0 Å². The molecule has 1 aromatic heterocycles. The number of ether oxygens (including phenoxy) is 1. The van der Waals surface area contributed by atoms with Gasteiger partial charge in [0.25, 0.3) is 0 Å². The number of aromatic nitrogens is 1. The van der Waals surface area contributed by atoms with Gasteiger partial charge < -0.3 is 10.1 Å². The third kappa shape index (κ3) is 4.61. The van der Waals surface area contributed by atoms with Crippen LogP contribution in [0.1, 0.15) is 0 Å². The summed E-state index contributed by atoms with van der Waals surface area (Å²) in [6.07, 6.45) is 5.14. The van der Waals surface area contributed by atoms with Crippen LogP contribution in [-0.2, 0) is 0 Å². The van der Waals surface area contributed by atoms with Crippen molar-refractivity contribution in [2.45, 2.75) is 0 Å². The molecule has 0 unspecified atom stereocenters. The molecule has 0 aromatic carbocycles. The van der Waals surface area contributed by atoms with E-state index in [0.29, 0.717) is 5.88 Å². The number of hydrogen-bond acceptors (Lipinski definition) is 4. The van der Waals surface area contributed by atoms with Gasteiger partial charge in [-0.05, 0) is 6.07 Å². The lowest BCUT2D eigenvalue weighted by molar-refractivity contribution is 0.398. The quantitative estimate of drug-likeness (QED) is 0.588. The van der Waals surface area contributed by atoms with Crippen LogP contribution in [0.15, 0.2) is 18.2 Å². The van der Waals surface area contributed by atoms with E-state index in [1.165, 1.54) is 0 Å². The zero-order valence-corrected chi connectivity index (χ0v) is 9.51. The SMILES string of the molecule is C#CCSCCNc1cccc(OC)n1. The molecule has 0 saturated carbocycles. The predicted molar refractivity (Wildman–Crippen MR) is 65.4 cm³/mol. The standard InChI is InChI=1S/C11H14N2OS/c1-3-8-15-9-7-12-10-5-4-6-11(13-10)14-2/h1,4-6H,7-9H2,2H3,(H,12,13). The van der Waals surface area contributed by atoms with Crippen molar-refractivity contribution in [2.24, 2.45) is 0 Å². The maximum Gasteiger partial charge on any atom is 0.214 e. The number of hydrogen-bond donors (Lipinski definition) is 1. The first kappa shape index (κ1) is 11.7. The molecular weight excluding hydrogens is 208 g/mol. The van der Waals surface area contributed by atoms with Gasteiger partial charge in [-0.2, -0.15) is 4.98 Å². The Hall–Kier alpha value is -1.34. The van der Waals surface area contributed by atoms with Crippen molar-refractivity contribution in [3.05, 3.63) is 18.2 Å². The molecule has 0 atom stereocenters. The Kier molecular flexibility index (Phi) is 5.49. The zero-order chi connectivity index (χ0) is 10.9. The highest BCUT2D eigenvalue weighted by Gasteiger charge is 1.95. The van der Waals surface area contributed by atoms with Gasteiger partial charge in [-0.1, -0.05) is 12.0 Å². The Labute approximate surface area is 94.6 Å². The Balaban J connectivity index is 2.28. The van der Waals surface area contributed by atoms with Gasteiger partial charge in [-0.3, -0.25) is 0 Å². The molecule has 0 aliphatic heterocycles. The number of terminal acetylenes is 1. The monoisotopic (exact) mass is 222 g/mol. The first-order valence-electron chi connectivity index (χ1n) is 4.63. The number of methoxy groups -OCH3 is 1. The van der Waals surface area contributed by atoms with Crippen molar-refractivity contribution in [1.82, 2.24) is 4.98 Å². The van der Waals surface area contributed by atoms with E-state index in [4.69, 9.17) is 11.2 Å². The van der Waals surface area contributed by atoms with Crippen LogP contribution in [0.2, 0.25) is 0 Å². The molecule has 0 amide bonds. The van der Waals surface area contributed by atoms with E-state index in [1.807, 2.05) is 18.2 Å². The van der Waals surface area contributed by atoms with Crippen LogP contribution in [0, 0.1) is 12.3 Å². The van der Waals surface area contributed by atoms with E-state index < -0.39 is 0 Å². The predicted octanol–water partition coefficient (Wildman–Crippen LogP) is 1.87. The van der Waals surface area contributed by atoms with Crippen LogP contribution in [0.25, 0.3) is 0 Å². The Bertz CT molecular complexity index is 336. The van der Waals surface area contributed by atoms with Crippen LogP contribution in [0.5, 0.6) is 5.88 Å². The average Bonchev–Trinajstić information content (AvgIpc) is 2.29. The molecule has 0 aliphatic rings. The van der Waals surface area contributed by atoms with Crippen molar-refractivity contribution < 1.29 is 4.74 Å². The molecule has 0 fully saturated rings. The minimum Gasteiger partial charge on any atom is -0.481 e. The summed E-state index contributed by atoms with van der Waals surface area (Å²) >= 11 is 1.72. The Morgan fingerprint density at radius 2 is 2.47 bits per heavy atom. The van der Waals surface area contributed by atoms with Crippen molar-refractivity contribution >= 4 is 17.6 Å². The number of nitrogens with zero attached hydrogens (tertiary/aromatic N) is 1. The summed E-state index contributed by atoms with van der Waals surface area (Å²) in [6.45, 7) is 0.854. The third-order valence-electron chi connectivity index (χ3n) is 1.67. The lowest BCUT2D eigenvalue weighted by Gasteiger charge is -2.05. The highest BCUT2D eigenvalue weighted by atomic mass is 32.2. The van der Waals surface area contributed by atoms with Crippen LogP contribution in [-0.4, -0.2) is 30.1 Å². The van der Waals surface area contributed by atoms with Gasteiger partial charge in [0, 0.05) is 18.4 Å². The minimum atomic E-state index is 0.622. The van der Waals surface area contributed by atoms with Gasteiger partial charge in [-0.25, -0.2) is 0 Å². The summed E-state index contributed by atoms with van der Waals surface area (Å²) < 4.78 is 5.02. The van der Waals surface area contributed by atoms with E-state index in [2.05, 4.69) is 16.2 Å². The number of thioether (sulfide) groups is 1. The van der Waals surface area contributed by atoms with Crippen LogP contribution < -0.4 is 10.1 Å². The molecule has 15 heavy (non-hydrogen) atoms. The number of anilines is 1. The van der Waals surface area contributed by atoms with Gasteiger partial charge >= 0.3 is 0 Å². The molecule has 0 bridgehead atoms. The molecular formula is C11H14N2OS. The van der Waals surface area contributed by atoms with Crippen molar-refractivity contribution in [3.8, 4) is 18.2 Å². The van der Waals surface area contributed by atoms with E-state index in [1.54, 1.807) is 18.9 Å². The first-order valence-corrected chi connectivity index (χ1v) is 5.78. The highest BCUT2D eigenvalue weighted by molar-refractivity contribution is 7.99. The van der Waals surface area contributed by atoms with Gasteiger partial charge in [-0.15, -0.1) is 18.2 Å². The van der Waals surface area contributed by atoms with Gasteiger partial charge in [0.1, 0.15) is 5.82 Å². The molecule has 1 heterocycles. The lowest BCUT2D eigenvalue weighted by atomic mass is 10.4. The number of rotatable bonds is 6. The van der Waals surface area contributed by atoms with E-state index >= 15 is 0 Å². The number of nitrogens with one attached hydrogen (secondary N) is 1. The molecule has 1 rings (SSSR count). The molecule has 1 aromatic rings. The highest BCUT2D eigenvalue weighted by Crippen LogP contribution is 2.10. The maximum absolute atomic E-state index is 5.14. The molecule has 1 N–H and O–H groups in total. The normalized spacial score (nSPS) is 9.33. The van der Waals surface area contributed by atoms with Crippen LogP contribution >= 0.6 is 11.8 Å². The Morgan fingerprint density at radius 3 is 3.20 bits per heavy atom. The molecule has 80 valence electrons. The van der Waals surface area contributed by atoms with Crippen molar-refractivity contribution in [2.75, 3.05) is 30.5 Å². The molecule has 0 spiro atoms. The second-order valence-electron chi connectivity index (χ2n) is 2.75. The fourth-order valence-electron chi connectivity index (χ4n) is 1.01. The largest absolute Gasteiger partial charge is 0.481 e. The molecule has 0 saturated heterocycles. The fourth-order valence-corrected chi connectivity index (χ4v) is 1.52. The summed E-state index contributed by atoms with van der Waals surface area (Å²) in [5.74, 6) is 5.77. The summed E-state index contributed by atoms with van der Waals surface area (Å²) in [5, 5.41) is 3.20. The minimum absolute atomic E-state index is 0.622. The summed E-state index contributed by atoms with van der Waals surface area (Å²) in [6, 6.07) is 5.63. The smallest absolute Gasteiger partial charge is 0.214 e. The fraction of sp³-hybridized carbons (Fsp3) is 0.364. The average molecular weight is 222 g/mol. The zero-order valence-electron chi connectivity index (χ0n) is 8.69. The van der Waals surface area contributed by atoms with Crippen LogP contribution in [0.3, 0.4) is 0 Å². The van der Waals surface area contributed by atoms with E-state index in [0.717, 1.165) is 23.9 Å².